The van der Waals surface area contributed by atoms with Gasteiger partial charge in [0.1, 0.15) is 6.54 Å². The van der Waals surface area contributed by atoms with Crippen molar-refractivity contribution in [3.63, 3.8) is 0 Å². The van der Waals surface area contributed by atoms with Crippen LogP contribution in [0.4, 0.5) is 17.1 Å². The molecular formula is C18H16ClN3O3. The SMILES string of the molecule is O=C(CCC(=O)N1CC(=O)Nc2ccccc21)Nc1ccccc1Cl. The lowest BCUT2D eigenvalue weighted by molar-refractivity contribution is -0.124. The van der Waals surface area contributed by atoms with Crippen molar-refractivity contribution in [1.29, 1.82) is 0 Å². The minimum absolute atomic E-state index is 0.00208. The Morgan fingerprint density at radius 3 is 2.60 bits per heavy atom. The molecule has 2 N–H and O–H groups in total. The van der Waals surface area contributed by atoms with Crippen LogP contribution >= 0.6 is 11.6 Å². The monoisotopic (exact) mass is 357 g/mol. The van der Waals surface area contributed by atoms with E-state index in [1.807, 2.05) is 0 Å². The summed E-state index contributed by atoms with van der Waals surface area (Å²) in [5.41, 5.74) is 1.73. The highest BCUT2D eigenvalue weighted by atomic mass is 35.5. The molecule has 1 aliphatic heterocycles. The smallest absolute Gasteiger partial charge is 0.244 e. The predicted molar refractivity (Wildman–Crippen MR) is 96.7 cm³/mol. The molecule has 1 aliphatic rings. The Balaban J connectivity index is 1.62. The quantitative estimate of drug-likeness (QED) is 0.882. The van der Waals surface area contributed by atoms with Gasteiger partial charge in [0.25, 0.3) is 0 Å². The molecule has 0 unspecified atom stereocenters. The summed E-state index contributed by atoms with van der Waals surface area (Å²) in [6, 6.07) is 14.0. The number of anilines is 3. The Morgan fingerprint density at radius 2 is 1.80 bits per heavy atom. The van der Waals surface area contributed by atoms with Gasteiger partial charge in [-0.05, 0) is 24.3 Å². The first-order valence-corrected chi connectivity index (χ1v) is 8.16. The zero-order chi connectivity index (χ0) is 17.8. The second-order valence-corrected chi connectivity index (χ2v) is 5.98. The molecule has 1 heterocycles. The van der Waals surface area contributed by atoms with E-state index in [1.165, 1.54) is 4.90 Å². The lowest BCUT2D eigenvalue weighted by Crippen LogP contribution is -2.42. The third-order valence-electron chi connectivity index (χ3n) is 3.79. The highest BCUT2D eigenvalue weighted by molar-refractivity contribution is 6.33. The molecule has 0 spiro atoms. The minimum atomic E-state index is -0.309. The number of amides is 3. The molecule has 0 atom stereocenters. The summed E-state index contributed by atoms with van der Waals surface area (Å²) in [6.45, 7) is -0.0536. The van der Waals surface area contributed by atoms with Crippen molar-refractivity contribution in [1.82, 2.24) is 0 Å². The van der Waals surface area contributed by atoms with Crippen molar-refractivity contribution < 1.29 is 14.4 Å². The number of benzene rings is 2. The van der Waals surface area contributed by atoms with Crippen LogP contribution in [0.1, 0.15) is 12.8 Å². The van der Waals surface area contributed by atoms with Gasteiger partial charge in [-0.25, -0.2) is 0 Å². The third-order valence-corrected chi connectivity index (χ3v) is 4.12. The maximum atomic E-state index is 12.5. The van der Waals surface area contributed by atoms with Crippen LogP contribution in [0.3, 0.4) is 0 Å². The number of hydrogen-bond donors (Lipinski definition) is 2. The van der Waals surface area contributed by atoms with Gasteiger partial charge in [0, 0.05) is 12.8 Å². The number of halogens is 1. The number of nitrogens with one attached hydrogen (secondary N) is 2. The number of hydrogen-bond acceptors (Lipinski definition) is 3. The maximum Gasteiger partial charge on any atom is 0.244 e. The number of fused-ring (bicyclic) bond motifs is 1. The van der Waals surface area contributed by atoms with E-state index in [2.05, 4.69) is 10.6 Å². The fourth-order valence-corrected chi connectivity index (χ4v) is 2.77. The summed E-state index contributed by atoms with van der Waals surface area (Å²) in [6.07, 6.45) is 0.00222. The first kappa shape index (κ1) is 17.0. The Hall–Kier alpha value is -2.86. The van der Waals surface area contributed by atoms with Crippen LogP contribution in [0.25, 0.3) is 0 Å². The van der Waals surface area contributed by atoms with E-state index in [9.17, 15) is 14.4 Å². The van der Waals surface area contributed by atoms with Crippen molar-refractivity contribution in [2.45, 2.75) is 12.8 Å². The zero-order valence-electron chi connectivity index (χ0n) is 13.3. The Kier molecular flexibility index (Phi) is 5.00. The zero-order valence-corrected chi connectivity index (χ0v) is 14.0. The van der Waals surface area contributed by atoms with Crippen molar-refractivity contribution >= 4 is 46.4 Å². The average Bonchev–Trinajstić information content (AvgIpc) is 2.61. The average molecular weight is 358 g/mol. The molecule has 0 saturated carbocycles. The molecule has 3 amide bonds. The third kappa shape index (κ3) is 3.97. The van der Waals surface area contributed by atoms with Crippen molar-refractivity contribution in [2.75, 3.05) is 22.1 Å². The van der Waals surface area contributed by atoms with E-state index >= 15 is 0 Å². The predicted octanol–water partition coefficient (Wildman–Crippen LogP) is 3.04. The summed E-state index contributed by atoms with van der Waals surface area (Å²) in [5.74, 6) is -0.847. The summed E-state index contributed by atoms with van der Waals surface area (Å²) in [5, 5.41) is 5.83. The van der Waals surface area contributed by atoms with E-state index < -0.39 is 0 Å². The van der Waals surface area contributed by atoms with Gasteiger partial charge < -0.3 is 15.5 Å². The maximum absolute atomic E-state index is 12.5. The molecule has 6 nitrogen and oxygen atoms in total. The molecule has 0 aliphatic carbocycles. The van der Waals surface area contributed by atoms with Crippen LogP contribution in [0, 0.1) is 0 Å². The van der Waals surface area contributed by atoms with Gasteiger partial charge >= 0.3 is 0 Å². The van der Waals surface area contributed by atoms with Gasteiger partial charge in [-0.3, -0.25) is 14.4 Å². The Morgan fingerprint density at radius 1 is 1.08 bits per heavy atom. The molecule has 7 heteroatoms. The van der Waals surface area contributed by atoms with Gasteiger partial charge in [-0.2, -0.15) is 0 Å². The van der Waals surface area contributed by atoms with Crippen molar-refractivity contribution in [2.24, 2.45) is 0 Å². The highest BCUT2D eigenvalue weighted by Crippen LogP contribution is 2.29. The summed E-state index contributed by atoms with van der Waals surface area (Å²) in [4.78, 5) is 37.7. The molecule has 0 saturated heterocycles. The number of nitrogens with zero attached hydrogens (tertiary/aromatic N) is 1. The van der Waals surface area contributed by atoms with E-state index in [0.29, 0.717) is 22.1 Å². The minimum Gasteiger partial charge on any atom is -0.325 e. The van der Waals surface area contributed by atoms with Crippen molar-refractivity contribution in [3.8, 4) is 0 Å². The summed E-state index contributed by atoms with van der Waals surface area (Å²) < 4.78 is 0. The van der Waals surface area contributed by atoms with Crippen LogP contribution in [0.2, 0.25) is 5.02 Å². The van der Waals surface area contributed by atoms with Gasteiger partial charge in [0.2, 0.25) is 17.7 Å². The lowest BCUT2D eigenvalue weighted by atomic mass is 10.1. The number of para-hydroxylation sites is 3. The van der Waals surface area contributed by atoms with Gasteiger partial charge in [0.05, 0.1) is 22.1 Å². The molecule has 2 aromatic rings. The summed E-state index contributed by atoms with van der Waals surface area (Å²) in [7, 11) is 0. The summed E-state index contributed by atoms with van der Waals surface area (Å²) >= 11 is 5.99. The molecule has 25 heavy (non-hydrogen) atoms. The first-order valence-electron chi connectivity index (χ1n) is 7.78. The van der Waals surface area contributed by atoms with E-state index in [4.69, 9.17) is 11.6 Å². The van der Waals surface area contributed by atoms with E-state index in [0.717, 1.165) is 0 Å². The molecule has 0 aromatic heterocycles. The molecule has 0 radical (unpaired) electrons. The van der Waals surface area contributed by atoms with Gasteiger partial charge in [-0.1, -0.05) is 35.9 Å². The second-order valence-electron chi connectivity index (χ2n) is 5.57. The fourth-order valence-electron chi connectivity index (χ4n) is 2.59. The highest BCUT2D eigenvalue weighted by Gasteiger charge is 2.26. The normalized spacial score (nSPS) is 13.0. The first-order chi connectivity index (χ1) is 12.0. The topological polar surface area (TPSA) is 78.5 Å². The molecule has 128 valence electrons. The van der Waals surface area contributed by atoms with Crippen molar-refractivity contribution in [3.05, 3.63) is 53.6 Å². The van der Waals surface area contributed by atoms with Gasteiger partial charge in [0.15, 0.2) is 0 Å². The fraction of sp³-hybridized carbons (Fsp3) is 0.167. The van der Waals surface area contributed by atoms with E-state index in [-0.39, 0.29) is 37.1 Å². The number of rotatable bonds is 4. The van der Waals surface area contributed by atoms with Gasteiger partial charge in [-0.15, -0.1) is 0 Å². The van der Waals surface area contributed by atoms with Crippen LogP contribution in [-0.4, -0.2) is 24.3 Å². The standard InChI is InChI=1S/C18H16ClN3O3/c19-12-5-1-2-6-13(12)20-16(23)9-10-18(25)22-11-17(24)21-14-7-3-4-8-15(14)22/h1-8H,9-11H2,(H,20,23)(H,21,24). The lowest BCUT2D eigenvalue weighted by Gasteiger charge is -2.29. The molecular weight excluding hydrogens is 342 g/mol. The molecule has 0 bridgehead atoms. The van der Waals surface area contributed by atoms with Crippen LogP contribution in [0.5, 0.6) is 0 Å². The van der Waals surface area contributed by atoms with E-state index in [1.54, 1.807) is 48.5 Å². The number of carbonyl (C=O) groups is 3. The molecule has 3 rings (SSSR count). The molecule has 2 aromatic carbocycles. The van der Waals surface area contributed by atoms with Crippen LogP contribution < -0.4 is 15.5 Å². The Bertz CT molecular complexity index is 838. The largest absolute Gasteiger partial charge is 0.325 e. The van der Waals surface area contributed by atoms with Crippen LogP contribution in [0.15, 0.2) is 48.5 Å². The second kappa shape index (κ2) is 7.36. The molecule has 0 fully saturated rings. The number of carbonyl (C=O) groups excluding carboxylic acids is 3. The van der Waals surface area contributed by atoms with Crippen LogP contribution in [-0.2, 0) is 14.4 Å². The Labute approximate surface area is 149 Å².